The SMILES string of the molecule is Cc1cccc(NC(=O)N2CCC(Cn3c(=O)[nH]c4cccnc43)CC2)c1. The first kappa shape index (κ1) is 17.3. The van der Waals surface area contributed by atoms with Crippen molar-refractivity contribution in [1.82, 2.24) is 19.4 Å². The molecule has 27 heavy (non-hydrogen) atoms. The molecule has 140 valence electrons. The third kappa shape index (κ3) is 3.72. The van der Waals surface area contributed by atoms with E-state index in [1.807, 2.05) is 48.2 Å². The van der Waals surface area contributed by atoms with E-state index < -0.39 is 0 Å². The Morgan fingerprint density at radius 1 is 1.26 bits per heavy atom. The molecular formula is C20H23N5O2. The number of carbonyl (C=O) groups excluding carboxylic acids is 1. The van der Waals surface area contributed by atoms with Crippen LogP contribution in [-0.4, -0.2) is 38.6 Å². The van der Waals surface area contributed by atoms with Gasteiger partial charge in [-0.2, -0.15) is 0 Å². The number of imidazole rings is 1. The summed E-state index contributed by atoms with van der Waals surface area (Å²) in [4.78, 5) is 33.7. The van der Waals surface area contributed by atoms with E-state index in [2.05, 4.69) is 15.3 Å². The van der Waals surface area contributed by atoms with Crippen molar-refractivity contribution in [3.05, 3.63) is 58.6 Å². The van der Waals surface area contributed by atoms with E-state index >= 15 is 0 Å². The highest BCUT2D eigenvalue weighted by atomic mass is 16.2. The third-order valence-corrected chi connectivity index (χ3v) is 5.14. The summed E-state index contributed by atoms with van der Waals surface area (Å²) in [7, 11) is 0. The van der Waals surface area contributed by atoms with Crippen LogP contribution in [0.1, 0.15) is 18.4 Å². The topological polar surface area (TPSA) is 83.0 Å². The van der Waals surface area contributed by atoms with Crippen LogP contribution >= 0.6 is 0 Å². The number of likely N-dealkylation sites (tertiary alicyclic amines) is 1. The standard InChI is InChI=1S/C20H23N5O2/c1-14-4-2-5-16(12-14)22-19(26)24-10-7-15(8-11-24)13-25-18-17(23-20(25)27)6-3-9-21-18/h2-6,9,12,15H,7-8,10-11,13H2,1H3,(H,22,26)(H,23,27). The average molecular weight is 365 g/mol. The van der Waals surface area contributed by atoms with Gasteiger partial charge in [-0.25, -0.2) is 14.6 Å². The lowest BCUT2D eigenvalue weighted by Crippen LogP contribution is -2.42. The molecule has 0 bridgehead atoms. The van der Waals surface area contributed by atoms with Crippen LogP contribution in [0.25, 0.3) is 11.2 Å². The predicted octanol–water partition coefficient (Wildman–Crippen LogP) is 2.98. The van der Waals surface area contributed by atoms with Gasteiger partial charge in [0.2, 0.25) is 0 Å². The van der Waals surface area contributed by atoms with Crippen molar-refractivity contribution in [2.75, 3.05) is 18.4 Å². The summed E-state index contributed by atoms with van der Waals surface area (Å²) in [6.07, 6.45) is 3.44. The molecule has 3 heterocycles. The molecule has 0 radical (unpaired) electrons. The van der Waals surface area contributed by atoms with Gasteiger partial charge in [0.25, 0.3) is 0 Å². The lowest BCUT2D eigenvalue weighted by atomic mass is 9.97. The molecule has 0 unspecified atom stereocenters. The summed E-state index contributed by atoms with van der Waals surface area (Å²) in [5.41, 5.74) is 3.27. The molecule has 2 amide bonds. The van der Waals surface area contributed by atoms with Gasteiger partial charge in [0.1, 0.15) is 0 Å². The van der Waals surface area contributed by atoms with Gasteiger partial charge in [0, 0.05) is 31.5 Å². The second-order valence-electron chi connectivity index (χ2n) is 7.15. The first-order valence-electron chi connectivity index (χ1n) is 9.26. The molecule has 4 rings (SSSR count). The Morgan fingerprint density at radius 3 is 2.85 bits per heavy atom. The number of carbonyl (C=O) groups is 1. The van der Waals surface area contributed by atoms with Crippen LogP contribution in [0, 0.1) is 12.8 Å². The van der Waals surface area contributed by atoms with Crippen molar-refractivity contribution in [3.8, 4) is 0 Å². The maximum atomic E-state index is 12.5. The van der Waals surface area contributed by atoms with Crippen LogP contribution in [0.15, 0.2) is 47.4 Å². The van der Waals surface area contributed by atoms with Gasteiger partial charge in [-0.05, 0) is 55.5 Å². The molecular weight excluding hydrogens is 342 g/mol. The molecule has 0 saturated carbocycles. The molecule has 1 aliphatic heterocycles. The summed E-state index contributed by atoms with van der Waals surface area (Å²) in [5, 5.41) is 2.96. The number of aryl methyl sites for hydroxylation is 1. The van der Waals surface area contributed by atoms with Gasteiger partial charge in [-0.1, -0.05) is 12.1 Å². The first-order chi connectivity index (χ1) is 13.1. The second kappa shape index (κ2) is 7.26. The van der Waals surface area contributed by atoms with Crippen LogP contribution in [0.4, 0.5) is 10.5 Å². The number of benzene rings is 1. The van der Waals surface area contributed by atoms with Gasteiger partial charge in [0.15, 0.2) is 5.65 Å². The monoisotopic (exact) mass is 365 g/mol. The third-order valence-electron chi connectivity index (χ3n) is 5.14. The smallest absolute Gasteiger partial charge is 0.325 e. The summed E-state index contributed by atoms with van der Waals surface area (Å²) >= 11 is 0. The fraction of sp³-hybridized carbons (Fsp3) is 0.350. The second-order valence-corrected chi connectivity index (χ2v) is 7.15. The van der Waals surface area contributed by atoms with Gasteiger partial charge in [-0.3, -0.25) is 4.57 Å². The van der Waals surface area contributed by atoms with E-state index in [1.165, 1.54) is 0 Å². The van der Waals surface area contributed by atoms with Crippen molar-refractivity contribution < 1.29 is 4.79 Å². The zero-order valence-electron chi connectivity index (χ0n) is 15.3. The Bertz CT molecular complexity index is 1010. The minimum atomic E-state index is -0.122. The predicted molar refractivity (Wildman–Crippen MR) is 105 cm³/mol. The minimum absolute atomic E-state index is 0.0648. The Kier molecular flexibility index (Phi) is 4.66. The molecule has 7 heteroatoms. The molecule has 1 aliphatic rings. The van der Waals surface area contributed by atoms with E-state index in [4.69, 9.17) is 0 Å². The van der Waals surface area contributed by atoms with E-state index in [1.54, 1.807) is 10.8 Å². The lowest BCUT2D eigenvalue weighted by Gasteiger charge is -2.32. The summed E-state index contributed by atoms with van der Waals surface area (Å²) in [5.74, 6) is 0.353. The van der Waals surface area contributed by atoms with Crippen molar-refractivity contribution >= 4 is 22.9 Å². The van der Waals surface area contributed by atoms with Crippen molar-refractivity contribution in [3.63, 3.8) is 0 Å². The molecule has 2 aromatic heterocycles. The molecule has 7 nitrogen and oxygen atoms in total. The fourth-order valence-electron chi connectivity index (χ4n) is 3.66. The number of H-pyrrole nitrogens is 1. The number of aromatic amines is 1. The molecule has 0 aliphatic carbocycles. The molecule has 1 fully saturated rings. The van der Waals surface area contributed by atoms with E-state index in [-0.39, 0.29) is 11.7 Å². The summed E-state index contributed by atoms with van der Waals surface area (Å²) in [6.45, 7) is 4.01. The zero-order chi connectivity index (χ0) is 18.8. The van der Waals surface area contributed by atoms with Crippen LogP contribution in [0.2, 0.25) is 0 Å². The van der Waals surface area contributed by atoms with Crippen molar-refractivity contribution in [1.29, 1.82) is 0 Å². The van der Waals surface area contributed by atoms with Crippen LogP contribution < -0.4 is 11.0 Å². The number of pyridine rings is 1. The Labute approximate surface area is 157 Å². The number of nitrogens with zero attached hydrogens (tertiary/aromatic N) is 3. The van der Waals surface area contributed by atoms with Gasteiger partial charge in [0.05, 0.1) is 5.52 Å². The number of urea groups is 1. The van der Waals surface area contributed by atoms with Gasteiger partial charge in [-0.15, -0.1) is 0 Å². The zero-order valence-corrected chi connectivity index (χ0v) is 15.3. The maximum absolute atomic E-state index is 12.5. The van der Waals surface area contributed by atoms with E-state index in [9.17, 15) is 9.59 Å². The highest BCUT2D eigenvalue weighted by Crippen LogP contribution is 2.21. The Hall–Kier alpha value is -3.09. The first-order valence-corrected chi connectivity index (χ1v) is 9.26. The number of amides is 2. The van der Waals surface area contributed by atoms with Crippen LogP contribution in [0.5, 0.6) is 0 Å². The average Bonchev–Trinajstić information content (AvgIpc) is 2.98. The van der Waals surface area contributed by atoms with Gasteiger partial charge >= 0.3 is 11.7 Å². The number of rotatable bonds is 3. The molecule has 1 saturated heterocycles. The molecule has 2 N–H and O–H groups in total. The number of anilines is 1. The fourth-order valence-corrected chi connectivity index (χ4v) is 3.66. The van der Waals surface area contributed by atoms with E-state index in [0.29, 0.717) is 31.2 Å². The van der Waals surface area contributed by atoms with Crippen molar-refractivity contribution in [2.24, 2.45) is 5.92 Å². The van der Waals surface area contributed by atoms with Crippen LogP contribution in [-0.2, 0) is 6.54 Å². The Balaban J connectivity index is 1.36. The lowest BCUT2D eigenvalue weighted by molar-refractivity contribution is 0.177. The van der Waals surface area contributed by atoms with Gasteiger partial charge < -0.3 is 15.2 Å². The maximum Gasteiger partial charge on any atom is 0.327 e. The largest absolute Gasteiger partial charge is 0.327 e. The van der Waals surface area contributed by atoms with Crippen LogP contribution in [0.3, 0.4) is 0 Å². The van der Waals surface area contributed by atoms with E-state index in [0.717, 1.165) is 29.6 Å². The number of fused-ring (bicyclic) bond motifs is 1. The molecule has 3 aromatic rings. The quantitative estimate of drug-likeness (QED) is 0.748. The minimum Gasteiger partial charge on any atom is -0.325 e. The number of hydrogen-bond donors (Lipinski definition) is 2. The molecule has 1 aromatic carbocycles. The number of aromatic nitrogens is 3. The highest BCUT2D eigenvalue weighted by Gasteiger charge is 2.24. The Morgan fingerprint density at radius 2 is 2.07 bits per heavy atom. The molecule has 0 atom stereocenters. The highest BCUT2D eigenvalue weighted by molar-refractivity contribution is 5.89. The summed E-state index contributed by atoms with van der Waals surface area (Å²) < 4.78 is 1.71. The number of hydrogen-bond acceptors (Lipinski definition) is 3. The number of nitrogens with one attached hydrogen (secondary N) is 2. The normalized spacial score (nSPS) is 15.2. The molecule has 0 spiro atoms. The summed E-state index contributed by atoms with van der Waals surface area (Å²) in [6, 6.07) is 11.4. The number of piperidine rings is 1. The van der Waals surface area contributed by atoms with Crippen molar-refractivity contribution in [2.45, 2.75) is 26.3 Å².